The number of halogens is 4. The molecule has 0 radical (unpaired) electrons. The zero-order chi connectivity index (χ0) is 16.2. The maximum absolute atomic E-state index is 13.2. The van der Waals surface area contributed by atoms with Crippen LogP contribution in [0, 0.1) is 11.6 Å². The summed E-state index contributed by atoms with van der Waals surface area (Å²) in [4.78, 5) is 14.3. The van der Waals surface area contributed by atoms with Crippen molar-refractivity contribution in [2.24, 2.45) is 0 Å². The highest BCUT2D eigenvalue weighted by Crippen LogP contribution is 2.16. The van der Waals surface area contributed by atoms with E-state index in [4.69, 9.17) is 0 Å². The summed E-state index contributed by atoms with van der Waals surface area (Å²) >= 11 is 1.74. The van der Waals surface area contributed by atoms with Crippen LogP contribution in [0.1, 0.15) is 18.4 Å². The standard InChI is InChI=1S/C16H21F2N3OS.2ClH/c17-13-2-1-11(7-14(13)18)8-21-5-3-12(4-6-21)20-16(22)15-9-23-10-19-15;;/h1-2,7,12,15,19H,3-6,8-10H2,(H,20,22);2*1H. The zero-order valence-corrected chi connectivity index (χ0v) is 16.1. The van der Waals surface area contributed by atoms with Crippen LogP contribution in [0.25, 0.3) is 0 Å². The number of benzene rings is 1. The molecule has 1 amide bonds. The lowest BCUT2D eigenvalue weighted by Gasteiger charge is -2.32. The van der Waals surface area contributed by atoms with Gasteiger partial charge in [0.15, 0.2) is 11.6 Å². The second kappa shape index (κ2) is 10.5. The number of nitrogens with zero attached hydrogens (tertiary/aromatic N) is 1. The Morgan fingerprint density at radius 3 is 2.56 bits per heavy atom. The van der Waals surface area contributed by atoms with Gasteiger partial charge in [-0.3, -0.25) is 15.0 Å². The van der Waals surface area contributed by atoms with E-state index in [0.717, 1.165) is 43.1 Å². The first-order chi connectivity index (χ1) is 11.1. The summed E-state index contributed by atoms with van der Waals surface area (Å²) in [6.45, 7) is 2.30. The Balaban J connectivity index is 0.00000156. The minimum Gasteiger partial charge on any atom is -0.352 e. The number of carbonyl (C=O) groups excluding carboxylic acids is 1. The predicted octanol–water partition coefficient (Wildman–Crippen LogP) is 2.55. The number of carbonyl (C=O) groups is 1. The lowest BCUT2D eigenvalue weighted by Crippen LogP contribution is -2.50. The van der Waals surface area contributed by atoms with Crippen LogP contribution in [0.4, 0.5) is 8.78 Å². The van der Waals surface area contributed by atoms with Gasteiger partial charge in [-0.15, -0.1) is 36.6 Å². The second-order valence-corrected chi connectivity index (χ2v) is 7.11. The molecule has 2 heterocycles. The lowest BCUT2D eigenvalue weighted by atomic mass is 10.0. The second-order valence-electron chi connectivity index (χ2n) is 6.08. The molecule has 2 aliphatic rings. The molecule has 1 aromatic rings. The third kappa shape index (κ3) is 6.25. The van der Waals surface area contributed by atoms with Crippen molar-refractivity contribution in [2.75, 3.05) is 24.7 Å². The smallest absolute Gasteiger partial charge is 0.238 e. The first-order valence-corrected chi connectivity index (χ1v) is 9.05. The number of thioether (sulfide) groups is 1. The highest BCUT2D eigenvalue weighted by molar-refractivity contribution is 7.99. The Hall–Kier alpha value is -0.600. The molecule has 2 fully saturated rings. The van der Waals surface area contributed by atoms with Gasteiger partial charge in [-0.05, 0) is 30.5 Å². The minimum absolute atomic E-state index is 0. The quantitative estimate of drug-likeness (QED) is 0.795. The predicted molar refractivity (Wildman–Crippen MR) is 102 cm³/mol. The first kappa shape index (κ1) is 22.4. The van der Waals surface area contributed by atoms with Crippen molar-refractivity contribution < 1.29 is 13.6 Å². The zero-order valence-electron chi connectivity index (χ0n) is 13.7. The highest BCUT2D eigenvalue weighted by Gasteiger charge is 2.26. The van der Waals surface area contributed by atoms with E-state index in [-0.39, 0.29) is 42.8 Å². The molecule has 4 nitrogen and oxygen atoms in total. The van der Waals surface area contributed by atoms with Crippen molar-refractivity contribution in [3.05, 3.63) is 35.4 Å². The van der Waals surface area contributed by atoms with Crippen LogP contribution in [0.2, 0.25) is 0 Å². The minimum atomic E-state index is -0.811. The molecule has 2 N–H and O–H groups in total. The fraction of sp³-hybridized carbons (Fsp3) is 0.562. The third-order valence-electron chi connectivity index (χ3n) is 4.36. The summed E-state index contributed by atoms with van der Waals surface area (Å²) in [7, 11) is 0. The summed E-state index contributed by atoms with van der Waals surface area (Å²) in [6.07, 6.45) is 1.77. The fourth-order valence-corrected chi connectivity index (χ4v) is 3.94. The normalized spacial score (nSPS) is 21.3. The largest absolute Gasteiger partial charge is 0.352 e. The summed E-state index contributed by atoms with van der Waals surface area (Å²) in [6, 6.07) is 4.18. The van der Waals surface area contributed by atoms with Gasteiger partial charge >= 0.3 is 0 Å². The highest BCUT2D eigenvalue weighted by atomic mass is 35.5. The Morgan fingerprint density at radius 2 is 1.96 bits per heavy atom. The summed E-state index contributed by atoms with van der Waals surface area (Å²) < 4.78 is 26.2. The number of piperidine rings is 1. The SMILES string of the molecule is Cl.Cl.O=C(NC1CCN(Cc2ccc(F)c(F)c2)CC1)C1CSCN1. The van der Waals surface area contributed by atoms with Crippen LogP contribution in [0.5, 0.6) is 0 Å². The van der Waals surface area contributed by atoms with Gasteiger partial charge in [0, 0.05) is 37.3 Å². The van der Waals surface area contributed by atoms with Gasteiger partial charge in [0.1, 0.15) is 0 Å². The van der Waals surface area contributed by atoms with Gasteiger partial charge in [-0.25, -0.2) is 8.78 Å². The summed E-state index contributed by atoms with van der Waals surface area (Å²) in [5.74, 6) is 0.153. The van der Waals surface area contributed by atoms with E-state index in [0.29, 0.717) is 6.54 Å². The van der Waals surface area contributed by atoms with Gasteiger partial charge in [-0.1, -0.05) is 6.07 Å². The van der Waals surface area contributed by atoms with Crippen LogP contribution in [0.15, 0.2) is 18.2 Å². The number of nitrogens with one attached hydrogen (secondary N) is 2. The average Bonchev–Trinajstić information content (AvgIpc) is 3.07. The topological polar surface area (TPSA) is 44.4 Å². The molecule has 1 atom stereocenters. The van der Waals surface area contributed by atoms with Crippen molar-refractivity contribution in [3.63, 3.8) is 0 Å². The van der Waals surface area contributed by atoms with Crippen LogP contribution < -0.4 is 10.6 Å². The van der Waals surface area contributed by atoms with Crippen LogP contribution in [-0.4, -0.2) is 47.6 Å². The van der Waals surface area contributed by atoms with Gasteiger partial charge in [-0.2, -0.15) is 0 Å². The molecule has 0 aliphatic carbocycles. The Labute approximate surface area is 163 Å². The maximum atomic E-state index is 13.2. The van der Waals surface area contributed by atoms with E-state index >= 15 is 0 Å². The molecule has 3 rings (SSSR count). The van der Waals surface area contributed by atoms with Crippen LogP contribution >= 0.6 is 36.6 Å². The number of likely N-dealkylation sites (tertiary alicyclic amines) is 1. The molecule has 0 aromatic heterocycles. The van der Waals surface area contributed by atoms with Crippen molar-refractivity contribution in [2.45, 2.75) is 31.5 Å². The maximum Gasteiger partial charge on any atom is 0.238 e. The van der Waals surface area contributed by atoms with Crippen molar-refractivity contribution in [1.82, 2.24) is 15.5 Å². The molecule has 2 saturated heterocycles. The number of rotatable bonds is 4. The van der Waals surface area contributed by atoms with Gasteiger partial charge in [0.25, 0.3) is 0 Å². The molecular formula is C16H23Cl2F2N3OS. The van der Waals surface area contributed by atoms with Gasteiger partial charge < -0.3 is 5.32 Å². The molecule has 142 valence electrons. The molecule has 0 spiro atoms. The summed E-state index contributed by atoms with van der Waals surface area (Å²) in [5.41, 5.74) is 0.776. The van der Waals surface area contributed by atoms with Gasteiger partial charge in [0.2, 0.25) is 5.91 Å². The molecule has 1 unspecified atom stereocenters. The Kier molecular flexibility index (Phi) is 9.45. The van der Waals surface area contributed by atoms with E-state index < -0.39 is 11.6 Å². The van der Waals surface area contributed by atoms with E-state index in [1.54, 1.807) is 17.8 Å². The molecule has 9 heteroatoms. The number of hydrogen-bond donors (Lipinski definition) is 2. The van der Waals surface area contributed by atoms with E-state index in [2.05, 4.69) is 15.5 Å². The summed E-state index contributed by atoms with van der Waals surface area (Å²) in [5, 5.41) is 6.28. The molecule has 0 saturated carbocycles. The number of hydrogen-bond acceptors (Lipinski definition) is 4. The van der Waals surface area contributed by atoms with Crippen molar-refractivity contribution >= 4 is 42.5 Å². The Bertz CT molecular complexity index is 568. The molecule has 0 bridgehead atoms. The van der Waals surface area contributed by atoms with Gasteiger partial charge in [0.05, 0.1) is 6.04 Å². The molecule has 25 heavy (non-hydrogen) atoms. The first-order valence-electron chi connectivity index (χ1n) is 7.89. The average molecular weight is 414 g/mol. The van der Waals surface area contributed by atoms with Crippen molar-refractivity contribution in [3.8, 4) is 0 Å². The van der Waals surface area contributed by atoms with E-state index in [9.17, 15) is 13.6 Å². The Morgan fingerprint density at radius 1 is 1.24 bits per heavy atom. The number of amides is 1. The third-order valence-corrected chi connectivity index (χ3v) is 5.30. The van der Waals surface area contributed by atoms with Crippen LogP contribution in [-0.2, 0) is 11.3 Å². The fourth-order valence-electron chi connectivity index (χ4n) is 3.00. The lowest BCUT2D eigenvalue weighted by molar-refractivity contribution is -0.123. The molecular weight excluding hydrogens is 391 g/mol. The van der Waals surface area contributed by atoms with E-state index in [1.165, 1.54) is 12.1 Å². The van der Waals surface area contributed by atoms with E-state index in [1.807, 2.05) is 0 Å². The monoisotopic (exact) mass is 413 g/mol. The van der Waals surface area contributed by atoms with Crippen LogP contribution in [0.3, 0.4) is 0 Å². The molecule has 2 aliphatic heterocycles. The van der Waals surface area contributed by atoms with Crippen molar-refractivity contribution in [1.29, 1.82) is 0 Å². The molecule has 1 aromatic carbocycles.